The molecule has 1 aliphatic rings. The molecule has 0 unspecified atom stereocenters. The Bertz CT molecular complexity index is 704. The van der Waals surface area contributed by atoms with E-state index < -0.39 is 42.3 Å². The summed E-state index contributed by atoms with van der Waals surface area (Å²) in [5.41, 5.74) is 0.0651. The largest absolute Gasteiger partial charge is 0.461 e. The molecule has 1 saturated heterocycles. The average molecular weight is 430 g/mol. The van der Waals surface area contributed by atoms with Crippen molar-refractivity contribution < 1.29 is 32.2 Å². The summed E-state index contributed by atoms with van der Waals surface area (Å²) in [5.74, 6) is -1.31. The number of amides is 1. The molecule has 168 valence electrons. The number of esters is 1. The van der Waals surface area contributed by atoms with Crippen molar-refractivity contribution in [3.05, 3.63) is 35.9 Å². The number of alkyl carbamates (subject to hydrolysis) is 1. The van der Waals surface area contributed by atoms with Gasteiger partial charge >= 0.3 is 18.2 Å². The maximum Gasteiger partial charge on any atom is 0.407 e. The standard InChI is InChI=1S/C21H29F3N2O4/c1-20(2,3)30-19(28)25-17-10-12-26(14-21(22,23)24)11-9-16(17)18(27)29-13-15-7-5-4-6-8-15/h4-8,16-17H,9-14H2,1-3H3,(H,25,28)/t16-,17-/m0/s1. The van der Waals surface area contributed by atoms with Crippen molar-refractivity contribution in [1.29, 1.82) is 0 Å². The van der Waals surface area contributed by atoms with E-state index in [1.807, 2.05) is 30.3 Å². The van der Waals surface area contributed by atoms with Gasteiger partial charge in [-0.25, -0.2) is 4.79 Å². The Morgan fingerprint density at radius 1 is 1.10 bits per heavy atom. The first-order valence-corrected chi connectivity index (χ1v) is 9.92. The first-order chi connectivity index (χ1) is 13.9. The van der Waals surface area contributed by atoms with Crippen LogP contribution < -0.4 is 5.32 Å². The van der Waals surface area contributed by atoms with Crippen LogP contribution in [-0.4, -0.2) is 54.4 Å². The second-order valence-corrected chi connectivity index (χ2v) is 8.42. The van der Waals surface area contributed by atoms with Gasteiger partial charge in [0, 0.05) is 12.6 Å². The van der Waals surface area contributed by atoms with Crippen molar-refractivity contribution in [3.63, 3.8) is 0 Å². The minimum absolute atomic E-state index is 0.0571. The molecule has 1 amide bonds. The molecule has 0 aliphatic carbocycles. The molecule has 0 saturated carbocycles. The van der Waals surface area contributed by atoms with Gasteiger partial charge in [-0.05, 0) is 45.7 Å². The number of nitrogens with zero attached hydrogens (tertiary/aromatic N) is 1. The van der Waals surface area contributed by atoms with Gasteiger partial charge < -0.3 is 14.8 Å². The van der Waals surface area contributed by atoms with E-state index in [4.69, 9.17) is 9.47 Å². The third-order valence-electron chi connectivity index (χ3n) is 4.63. The van der Waals surface area contributed by atoms with Gasteiger partial charge in [0.15, 0.2) is 0 Å². The number of halogens is 3. The smallest absolute Gasteiger partial charge is 0.407 e. The summed E-state index contributed by atoms with van der Waals surface area (Å²) in [6.45, 7) is 4.29. The Labute approximate surface area is 174 Å². The number of benzene rings is 1. The number of carbonyl (C=O) groups excluding carboxylic acids is 2. The molecule has 1 fully saturated rings. The Morgan fingerprint density at radius 2 is 1.73 bits per heavy atom. The highest BCUT2D eigenvalue weighted by Crippen LogP contribution is 2.24. The van der Waals surface area contributed by atoms with Crippen molar-refractivity contribution in [2.75, 3.05) is 19.6 Å². The molecule has 1 aromatic rings. The van der Waals surface area contributed by atoms with E-state index in [0.29, 0.717) is 0 Å². The highest BCUT2D eigenvalue weighted by Gasteiger charge is 2.38. The van der Waals surface area contributed by atoms with Crippen molar-refractivity contribution >= 4 is 12.1 Å². The van der Waals surface area contributed by atoms with Crippen molar-refractivity contribution in [3.8, 4) is 0 Å². The number of rotatable bonds is 5. The molecule has 2 rings (SSSR count). The van der Waals surface area contributed by atoms with Crippen LogP contribution in [-0.2, 0) is 20.9 Å². The highest BCUT2D eigenvalue weighted by molar-refractivity contribution is 5.75. The zero-order chi connectivity index (χ0) is 22.4. The van der Waals surface area contributed by atoms with Crippen molar-refractivity contribution in [2.45, 2.75) is 58.0 Å². The van der Waals surface area contributed by atoms with Gasteiger partial charge in [0.05, 0.1) is 12.5 Å². The van der Waals surface area contributed by atoms with Crippen LogP contribution in [0.3, 0.4) is 0 Å². The summed E-state index contributed by atoms with van der Waals surface area (Å²) in [4.78, 5) is 26.2. The van der Waals surface area contributed by atoms with Crippen LogP contribution in [0.1, 0.15) is 39.2 Å². The van der Waals surface area contributed by atoms with Crippen LogP contribution in [0.2, 0.25) is 0 Å². The lowest BCUT2D eigenvalue weighted by Crippen LogP contribution is -2.45. The lowest BCUT2D eigenvalue weighted by molar-refractivity contribution is -0.151. The maximum atomic E-state index is 12.8. The minimum atomic E-state index is -4.33. The number of alkyl halides is 3. The summed E-state index contributed by atoms with van der Waals surface area (Å²) in [7, 11) is 0. The molecular formula is C21H29F3N2O4. The SMILES string of the molecule is CC(C)(C)OC(=O)N[C@H]1CCN(CC(F)(F)F)CC[C@@H]1C(=O)OCc1ccccc1. The topological polar surface area (TPSA) is 67.9 Å². The van der Waals surface area contributed by atoms with Crippen molar-refractivity contribution in [2.24, 2.45) is 5.92 Å². The normalized spacial score (nSPS) is 20.9. The third kappa shape index (κ3) is 8.61. The third-order valence-corrected chi connectivity index (χ3v) is 4.63. The number of carbonyl (C=O) groups is 2. The van der Waals surface area contributed by atoms with Gasteiger partial charge in [0.1, 0.15) is 12.2 Å². The Morgan fingerprint density at radius 3 is 2.33 bits per heavy atom. The van der Waals surface area contributed by atoms with Crippen LogP contribution in [0.25, 0.3) is 0 Å². The van der Waals surface area contributed by atoms with Crippen molar-refractivity contribution in [1.82, 2.24) is 10.2 Å². The summed E-state index contributed by atoms with van der Waals surface area (Å²) in [5, 5.41) is 2.66. The molecule has 9 heteroatoms. The van der Waals surface area contributed by atoms with Gasteiger partial charge in [0.2, 0.25) is 0 Å². The quantitative estimate of drug-likeness (QED) is 0.718. The van der Waals surface area contributed by atoms with E-state index in [-0.39, 0.29) is 32.5 Å². The van der Waals surface area contributed by atoms with Gasteiger partial charge in [-0.2, -0.15) is 13.2 Å². The number of likely N-dealkylation sites (tertiary alicyclic amines) is 1. The molecule has 1 aromatic carbocycles. The number of nitrogens with one attached hydrogen (secondary N) is 1. The number of hydrogen-bond acceptors (Lipinski definition) is 5. The Balaban J connectivity index is 2.07. The van der Waals surface area contributed by atoms with Gasteiger partial charge in [-0.15, -0.1) is 0 Å². The molecule has 30 heavy (non-hydrogen) atoms. The van der Waals surface area contributed by atoms with Crippen LogP contribution in [0.5, 0.6) is 0 Å². The second kappa shape index (κ2) is 10.1. The monoisotopic (exact) mass is 430 g/mol. The minimum Gasteiger partial charge on any atom is -0.461 e. The Kier molecular flexibility index (Phi) is 8.11. The lowest BCUT2D eigenvalue weighted by Gasteiger charge is -2.26. The number of ether oxygens (including phenoxy) is 2. The van der Waals surface area contributed by atoms with Gasteiger partial charge in [-0.3, -0.25) is 9.69 Å². The first-order valence-electron chi connectivity index (χ1n) is 9.92. The molecule has 1 heterocycles. The molecule has 6 nitrogen and oxygen atoms in total. The maximum absolute atomic E-state index is 12.8. The van der Waals surface area contributed by atoms with Crippen LogP contribution in [0, 0.1) is 5.92 Å². The molecule has 0 radical (unpaired) electrons. The fraction of sp³-hybridized carbons (Fsp3) is 0.619. The Hall–Kier alpha value is -2.29. The van der Waals surface area contributed by atoms with Gasteiger partial charge in [-0.1, -0.05) is 30.3 Å². The van der Waals surface area contributed by atoms with Crippen LogP contribution in [0.15, 0.2) is 30.3 Å². The molecule has 1 N–H and O–H groups in total. The molecular weight excluding hydrogens is 401 g/mol. The van der Waals surface area contributed by atoms with E-state index >= 15 is 0 Å². The molecule has 1 aliphatic heterocycles. The van der Waals surface area contributed by atoms with Crippen LogP contribution in [0.4, 0.5) is 18.0 Å². The molecule has 0 bridgehead atoms. The zero-order valence-corrected chi connectivity index (χ0v) is 17.5. The summed E-state index contributed by atoms with van der Waals surface area (Å²) >= 11 is 0. The lowest BCUT2D eigenvalue weighted by atomic mass is 9.95. The first kappa shape index (κ1) is 24.0. The summed E-state index contributed by atoms with van der Waals surface area (Å²) in [6, 6.07) is 8.41. The predicted octanol–water partition coefficient (Wildman–Crippen LogP) is 3.90. The van der Waals surface area contributed by atoms with E-state index in [1.54, 1.807) is 20.8 Å². The highest BCUT2D eigenvalue weighted by atomic mass is 19.4. The van der Waals surface area contributed by atoms with E-state index in [0.717, 1.165) is 5.56 Å². The molecule has 0 aromatic heterocycles. The fourth-order valence-electron chi connectivity index (χ4n) is 3.32. The number of hydrogen-bond donors (Lipinski definition) is 1. The average Bonchev–Trinajstić information content (AvgIpc) is 2.80. The zero-order valence-electron chi connectivity index (χ0n) is 17.5. The summed E-state index contributed by atoms with van der Waals surface area (Å²) in [6.07, 6.45) is -4.72. The molecule has 0 spiro atoms. The van der Waals surface area contributed by atoms with E-state index in [1.165, 1.54) is 4.90 Å². The van der Waals surface area contributed by atoms with E-state index in [9.17, 15) is 22.8 Å². The fourth-order valence-corrected chi connectivity index (χ4v) is 3.32. The second-order valence-electron chi connectivity index (χ2n) is 8.42. The van der Waals surface area contributed by atoms with E-state index in [2.05, 4.69) is 5.32 Å². The van der Waals surface area contributed by atoms with Crippen LogP contribution >= 0.6 is 0 Å². The van der Waals surface area contributed by atoms with Gasteiger partial charge in [0.25, 0.3) is 0 Å². The molecule has 2 atom stereocenters. The predicted molar refractivity (Wildman–Crippen MR) is 105 cm³/mol. The summed E-state index contributed by atoms with van der Waals surface area (Å²) < 4.78 is 49.1.